The number of amides is 1. The first-order valence-electron chi connectivity index (χ1n) is 10.4. The fourth-order valence-electron chi connectivity index (χ4n) is 3.90. The normalized spacial score (nSPS) is 18.3. The maximum Gasteiger partial charge on any atom is 0.346 e. The highest BCUT2D eigenvalue weighted by Gasteiger charge is 2.31. The van der Waals surface area contributed by atoms with Gasteiger partial charge in [0, 0.05) is 37.2 Å². The zero-order valence-corrected chi connectivity index (χ0v) is 18.1. The van der Waals surface area contributed by atoms with Gasteiger partial charge in [-0.1, -0.05) is 0 Å². The third-order valence-corrected chi connectivity index (χ3v) is 7.10. The van der Waals surface area contributed by atoms with E-state index >= 15 is 0 Å². The lowest BCUT2D eigenvalue weighted by Crippen LogP contribution is -2.43. The first-order chi connectivity index (χ1) is 14.7. The van der Waals surface area contributed by atoms with Gasteiger partial charge in [0.2, 0.25) is 15.9 Å². The zero-order chi connectivity index (χ0) is 22.2. The van der Waals surface area contributed by atoms with Crippen LogP contribution in [0.1, 0.15) is 31.7 Å². The van der Waals surface area contributed by atoms with Crippen molar-refractivity contribution < 1.29 is 17.6 Å². The number of hydrogen-bond acceptors (Lipinski definition) is 5. The average Bonchev–Trinajstić information content (AvgIpc) is 3.52. The SMILES string of the molecule is CS(=O)(=O)N1CCC(C(=O)NCCn2nc(-c3ccc(F)cc3)n(C3CC3)c2=O)CC1. The number of carbonyl (C=O) groups is 1. The van der Waals surface area contributed by atoms with E-state index in [1.165, 1.54) is 27.4 Å². The molecular weight excluding hydrogens is 425 g/mol. The van der Waals surface area contributed by atoms with Gasteiger partial charge in [0.1, 0.15) is 5.82 Å². The molecule has 0 atom stereocenters. The fourth-order valence-corrected chi connectivity index (χ4v) is 4.78. The van der Waals surface area contributed by atoms with E-state index in [9.17, 15) is 22.4 Å². The highest BCUT2D eigenvalue weighted by atomic mass is 32.2. The third kappa shape index (κ3) is 4.87. The number of hydrogen-bond donors (Lipinski definition) is 1. The van der Waals surface area contributed by atoms with Crippen LogP contribution in [0.15, 0.2) is 29.1 Å². The van der Waals surface area contributed by atoms with Crippen molar-refractivity contribution in [3.8, 4) is 11.4 Å². The molecule has 1 saturated carbocycles. The molecule has 0 spiro atoms. The highest BCUT2D eigenvalue weighted by Crippen LogP contribution is 2.36. The van der Waals surface area contributed by atoms with Gasteiger partial charge in [-0.3, -0.25) is 9.36 Å². The number of nitrogens with one attached hydrogen (secondary N) is 1. The Balaban J connectivity index is 1.38. The van der Waals surface area contributed by atoms with Crippen LogP contribution in [0.4, 0.5) is 4.39 Å². The van der Waals surface area contributed by atoms with Gasteiger partial charge in [-0.2, -0.15) is 0 Å². The second kappa shape index (κ2) is 8.54. The number of carbonyl (C=O) groups excluding carboxylic acids is 1. The first-order valence-corrected chi connectivity index (χ1v) is 12.3. The molecule has 1 aromatic heterocycles. The Morgan fingerprint density at radius 1 is 1.16 bits per heavy atom. The number of sulfonamides is 1. The Morgan fingerprint density at radius 2 is 1.81 bits per heavy atom. The van der Waals surface area contributed by atoms with Crippen molar-refractivity contribution in [1.82, 2.24) is 24.0 Å². The van der Waals surface area contributed by atoms with Crippen molar-refractivity contribution in [3.63, 3.8) is 0 Å². The number of benzene rings is 1. The summed E-state index contributed by atoms with van der Waals surface area (Å²) in [5, 5.41) is 7.27. The summed E-state index contributed by atoms with van der Waals surface area (Å²) < 4.78 is 40.8. The quantitative estimate of drug-likeness (QED) is 0.675. The van der Waals surface area contributed by atoms with Crippen molar-refractivity contribution in [2.24, 2.45) is 5.92 Å². The van der Waals surface area contributed by atoms with Crippen LogP contribution in [0.2, 0.25) is 0 Å². The van der Waals surface area contributed by atoms with Crippen molar-refractivity contribution in [2.45, 2.75) is 38.3 Å². The molecule has 31 heavy (non-hydrogen) atoms. The molecule has 11 heteroatoms. The smallest absolute Gasteiger partial charge is 0.346 e. The minimum atomic E-state index is -3.23. The van der Waals surface area contributed by atoms with Crippen LogP contribution in [0.5, 0.6) is 0 Å². The molecule has 0 unspecified atom stereocenters. The van der Waals surface area contributed by atoms with Crippen molar-refractivity contribution in [3.05, 3.63) is 40.6 Å². The molecular formula is C20H26FN5O4S. The van der Waals surface area contributed by atoms with Gasteiger partial charge < -0.3 is 5.32 Å². The van der Waals surface area contributed by atoms with Crippen LogP contribution in [-0.2, 0) is 21.4 Å². The monoisotopic (exact) mass is 451 g/mol. The molecule has 0 bridgehead atoms. The van der Waals surface area contributed by atoms with Gasteiger partial charge in [-0.25, -0.2) is 26.6 Å². The number of rotatable bonds is 7. The van der Waals surface area contributed by atoms with Crippen molar-refractivity contribution in [2.75, 3.05) is 25.9 Å². The second-order valence-corrected chi connectivity index (χ2v) is 10.1. The van der Waals surface area contributed by atoms with Gasteiger partial charge in [0.25, 0.3) is 0 Å². The molecule has 2 heterocycles. The van der Waals surface area contributed by atoms with Crippen LogP contribution in [0.3, 0.4) is 0 Å². The van der Waals surface area contributed by atoms with Crippen LogP contribution in [0.25, 0.3) is 11.4 Å². The molecule has 9 nitrogen and oxygen atoms in total. The maximum atomic E-state index is 13.3. The number of piperidine rings is 1. The molecule has 2 aromatic rings. The van der Waals surface area contributed by atoms with Gasteiger partial charge in [0.15, 0.2) is 5.82 Å². The van der Waals surface area contributed by atoms with E-state index in [1.54, 1.807) is 16.7 Å². The van der Waals surface area contributed by atoms with Gasteiger partial charge in [0.05, 0.1) is 12.8 Å². The van der Waals surface area contributed by atoms with Crippen LogP contribution >= 0.6 is 0 Å². The van der Waals surface area contributed by atoms with E-state index < -0.39 is 10.0 Å². The lowest BCUT2D eigenvalue weighted by Gasteiger charge is -2.29. The standard InChI is InChI=1S/C20H26FN5O4S/c1-31(29,30)24-11-8-15(9-12-24)19(27)22-10-13-25-20(28)26(17-6-7-17)18(23-25)14-2-4-16(21)5-3-14/h2-5,15,17H,6-13H2,1H3,(H,22,27). The molecule has 2 fully saturated rings. The van der Waals surface area contributed by atoms with Gasteiger partial charge >= 0.3 is 5.69 Å². The lowest BCUT2D eigenvalue weighted by molar-refractivity contribution is -0.126. The molecule has 1 N–H and O–H groups in total. The largest absolute Gasteiger partial charge is 0.354 e. The molecule has 1 saturated heterocycles. The summed E-state index contributed by atoms with van der Waals surface area (Å²) in [7, 11) is -3.23. The minimum absolute atomic E-state index is 0.107. The highest BCUT2D eigenvalue weighted by molar-refractivity contribution is 7.88. The van der Waals surface area contributed by atoms with Gasteiger partial charge in [-0.15, -0.1) is 5.10 Å². The average molecular weight is 452 g/mol. The Hall–Kier alpha value is -2.53. The fraction of sp³-hybridized carbons (Fsp3) is 0.550. The molecule has 1 aliphatic carbocycles. The number of nitrogens with zero attached hydrogens (tertiary/aromatic N) is 4. The Morgan fingerprint density at radius 3 is 2.39 bits per heavy atom. The lowest BCUT2D eigenvalue weighted by atomic mass is 9.97. The van der Waals surface area contributed by atoms with Crippen LogP contribution in [0, 0.1) is 11.7 Å². The maximum absolute atomic E-state index is 13.3. The molecule has 4 rings (SSSR count). The minimum Gasteiger partial charge on any atom is -0.354 e. The molecule has 1 aliphatic heterocycles. The third-order valence-electron chi connectivity index (χ3n) is 5.80. The summed E-state index contributed by atoms with van der Waals surface area (Å²) >= 11 is 0. The molecule has 2 aliphatic rings. The van der Waals surface area contributed by atoms with Crippen LogP contribution < -0.4 is 11.0 Å². The second-order valence-electron chi connectivity index (χ2n) is 8.16. The van der Waals surface area contributed by atoms with Crippen molar-refractivity contribution >= 4 is 15.9 Å². The van der Waals surface area contributed by atoms with E-state index in [0.717, 1.165) is 12.8 Å². The van der Waals surface area contributed by atoms with E-state index in [-0.39, 0.29) is 42.5 Å². The van der Waals surface area contributed by atoms with Gasteiger partial charge in [-0.05, 0) is 49.9 Å². The molecule has 1 amide bonds. The zero-order valence-electron chi connectivity index (χ0n) is 17.3. The summed E-state index contributed by atoms with van der Waals surface area (Å²) in [6, 6.07) is 5.99. The van der Waals surface area contributed by atoms with E-state index in [2.05, 4.69) is 10.4 Å². The Kier molecular flexibility index (Phi) is 5.98. The van der Waals surface area contributed by atoms with E-state index in [4.69, 9.17) is 0 Å². The summed E-state index contributed by atoms with van der Waals surface area (Å²) in [4.78, 5) is 25.3. The first kappa shape index (κ1) is 21.7. The molecule has 0 radical (unpaired) electrons. The summed E-state index contributed by atoms with van der Waals surface area (Å²) in [6.07, 6.45) is 3.94. The predicted octanol–water partition coefficient (Wildman–Crippen LogP) is 0.974. The van der Waals surface area contributed by atoms with Crippen molar-refractivity contribution in [1.29, 1.82) is 0 Å². The Labute approximate surface area is 179 Å². The topological polar surface area (TPSA) is 106 Å². The van der Waals surface area contributed by atoms with E-state index in [1.807, 2.05) is 0 Å². The summed E-state index contributed by atoms with van der Waals surface area (Å²) in [5.74, 6) is -0.226. The molecule has 168 valence electrons. The number of aromatic nitrogens is 3. The number of halogens is 1. The van der Waals surface area contributed by atoms with E-state index in [0.29, 0.717) is 37.3 Å². The predicted molar refractivity (Wildman–Crippen MR) is 112 cm³/mol. The summed E-state index contributed by atoms with van der Waals surface area (Å²) in [6.45, 7) is 1.14. The summed E-state index contributed by atoms with van der Waals surface area (Å²) in [5.41, 5.74) is 0.434. The van der Waals surface area contributed by atoms with Crippen LogP contribution in [-0.4, -0.2) is 58.9 Å². The Bertz CT molecular complexity index is 1110. The molecule has 1 aromatic carbocycles.